The van der Waals surface area contributed by atoms with Crippen molar-refractivity contribution in [1.29, 1.82) is 0 Å². The highest BCUT2D eigenvalue weighted by atomic mass is 16.2. The van der Waals surface area contributed by atoms with E-state index < -0.39 is 0 Å². The maximum Gasteiger partial charge on any atom is 0.228 e. The molecule has 2 aliphatic rings. The van der Waals surface area contributed by atoms with E-state index in [-0.39, 0.29) is 23.8 Å². The molecule has 0 unspecified atom stereocenters. The van der Waals surface area contributed by atoms with Gasteiger partial charge in [0.05, 0.1) is 12.0 Å². The van der Waals surface area contributed by atoms with Crippen LogP contribution in [0.3, 0.4) is 0 Å². The number of rotatable bonds is 2. The molecular formula is C8H13N3O2. The number of nitrogens with two attached hydrogens (primary N) is 1. The summed E-state index contributed by atoms with van der Waals surface area (Å²) in [4.78, 5) is 24.3. The quantitative estimate of drug-likeness (QED) is 0.535. The molecule has 2 fully saturated rings. The Balaban J connectivity index is 2.04. The van der Waals surface area contributed by atoms with Gasteiger partial charge in [-0.1, -0.05) is 0 Å². The SMILES string of the molecule is NCCN1C[C@@H]2NC(=O)C[C@H]2C1=O. The van der Waals surface area contributed by atoms with Crippen LogP contribution in [0.4, 0.5) is 0 Å². The third kappa shape index (κ3) is 1.29. The van der Waals surface area contributed by atoms with Crippen LogP contribution >= 0.6 is 0 Å². The molecule has 13 heavy (non-hydrogen) atoms. The minimum absolute atomic E-state index is 0.00394. The summed E-state index contributed by atoms with van der Waals surface area (Å²) < 4.78 is 0. The van der Waals surface area contributed by atoms with Crippen LogP contribution in [0.2, 0.25) is 0 Å². The summed E-state index contributed by atoms with van der Waals surface area (Å²) in [5.41, 5.74) is 5.37. The Hall–Kier alpha value is -1.10. The number of carbonyl (C=O) groups is 2. The van der Waals surface area contributed by atoms with Crippen molar-refractivity contribution in [1.82, 2.24) is 10.2 Å². The zero-order valence-electron chi connectivity index (χ0n) is 7.32. The maximum absolute atomic E-state index is 11.6. The average molecular weight is 183 g/mol. The molecule has 2 saturated heterocycles. The van der Waals surface area contributed by atoms with Crippen molar-refractivity contribution in [3.8, 4) is 0 Å². The first kappa shape index (κ1) is 8.50. The Bertz CT molecular complexity index is 254. The van der Waals surface area contributed by atoms with E-state index in [9.17, 15) is 9.59 Å². The predicted octanol–water partition coefficient (Wildman–Crippen LogP) is -1.71. The van der Waals surface area contributed by atoms with Crippen LogP contribution in [0.25, 0.3) is 0 Å². The van der Waals surface area contributed by atoms with E-state index in [4.69, 9.17) is 5.73 Å². The van der Waals surface area contributed by atoms with Crippen LogP contribution < -0.4 is 11.1 Å². The molecule has 5 nitrogen and oxygen atoms in total. The lowest BCUT2D eigenvalue weighted by molar-refractivity contribution is -0.132. The molecule has 5 heteroatoms. The van der Waals surface area contributed by atoms with Crippen molar-refractivity contribution in [2.24, 2.45) is 11.7 Å². The van der Waals surface area contributed by atoms with Gasteiger partial charge in [-0.15, -0.1) is 0 Å². The van der Waals surface area contributed by atoms with Crippen LogP contribution in [0.5, 0.6) is 0 Å². The minimum Gasteiger partial charge on any atom is -0.351 e. The lowest BCUT2D eigenvalue weighted by atomic mass is 10.0. The molecule has 0 aromatic heterocycles. The number of hydrogen-bond acceptors (Lipinski definition) is 3. The monoisotopic (exact) mass is 183 g/mol. The van der Waals surface area contributed by atoms with Crippen LogP contribution in [0.1, 0.15) is 6.42 Å². The molecule has 72 valence electrons. The number of nitrogens with one attached hydrogen (secondary N) is 1. The minimum atomic E-state index is -0.126. The van der Waals surface area contributed by atoms with Gasteiger partial charge < -0.3 is 16.0 Å². The number of amides is 2. The topological polar surface area (TPSA) is 75.4 Å². The Labute approximate surface area is 76.3 Å². The summed E-state index contributed by atoms with van der Waals surface area (Å²) >= 11 is 0. The summed E-state index contributed by atoms with van der Waals surface area (Å²) in [5.74, 6) is -0.0522. The smallest absolute Gasteiger partial charge is 0.228 e. The van der Waals surface area contributed by atoms with Crippen molar-refractivity contribution >= 4 is 11.8 Å². The fourth-order valence-corrected chi connectivity index (χ4v) is 2.06. The van der Waals surface area contributed by atoms with E-state index >= 15 is 0 Å². The highest BCUT2D eigenvalue weighted by Gasteiger charge is 2.45. The molecule has 3 N–H and O–H groups in total. The number of nitrogens with zero attached hydrogens (tertiary/aromatic N) is 1. The van der Waals surface area contributed by atoms with Crippen molar-refractivity contribution in [3.63, 3.8) is 0 Å². The van der Waals surface area contributed by atoms with Gasteiger partial charge in [-0.25, -0.2) is 0 Å². The first-order valence-corrected chi connectivity index (χ1v) is 4.50. The van der Waals surface area contributed by atoms with Crippen LogP contribution in [-0.4, -0.2) is 42.4 Å². The molecule has 2 aliphatic heterocycles. The zero-order valence-corrected chi connectivity index (χ0v) is 7.32. The fourth-order valence-electron chi connectivity index (χ4n) is 2.06. The van der Waals surface area contributed by atoms with E-state index in [0.717, 1.165) is 0 Å². The normalized spacial score (nSPS) is 32.2. The predicted molar refractivity (Wildman–Crippen MR) is 45.7 cm³/mol. The van der Waals surface area contributed by atoms with Gasteiger partial charge in [-0.2, -0.15) is 0 Å². The van der Waals surface area contributed by atoms with Gasteiger partial charge in [-0.05, 0) is 0 Å². The van der Waals surface area contributed by atoms with Gasteiger partial charge in [-0.3, -0.25) is 9.59 Å². The average Bonchev–Trinajstić information content (AvgIpc) is 2.54. The summed E-state index contributed by atoms with van der Waals surface area (Å²) in [6.07, 6.45) is 0.352. The highest BCUT2D eigenvalue weighted by molar-refractivity contribution is 5.92. The van der Waals surface area contributed by atoms with Gasteiger partial charge in [0.15, 0.2) is 0 Å². The molecule has 0 saturated carbocycles. The standard InChI is InChI=1S/C8H13N3O2/c9-1-2-11-4-6-5(8(11)13)3-7(12)10-6/h5-6H,1-4,9H2,(H,10,12)/t5-,6+/m1/s1. The van der Waals surface area contributed by atoms with Crippen molar-refractivity contribution in [3.05, 3.63) is 0 Å². The molecule has 0 aromatic rings. The molecule has 0 radical (unpaired) electrons. The highest BCUT2D eigenvalue weighted by Crippen LogP contribution is 2.26. The third-order valence-electron chi connectivity index (χ3n) is 2.68. The van der Waals surface area contributed by atoms with E-state index in [1.165, 1.54) is 0 Å². The van der Waals surface area contributed by atoms with Gasteiger partial charge in [0.25, 0.3) is 0 Å². The summed E-state index contributed by atoms with van der Waals surface area (Å²) in [7, 11) is 0. The molecule has 0 aliphatic carbocycles. The summed E-state index contributed by atoms with van der Waals surface area (Å²) in [6.45, 7) is 1.72. The Morgan fingerprint density at radius 2 is 2.31 bits per heavy atom. The second kappa shape index (κ2) is 2.99. The Morgan fingerprint density at radius 1 is 1.54 bits per heavy atom. The van der Waals surface area contributed by atoms with E-state index in [1.807, 2.05) is 0 Å². The Kier molecular flexibility index (Phi) is 1.95. The second-order valence-electron chi connectivity index (χ2n) is 3.56. The molecule has 0 bridgehead atoms. The molecule has 2 amide bonds. The van der Waals surface area contributed by atoms with Crippen LogP contribution in [0.15, 0.2) is 0 Å². The molecule has 2 rings (SSSR count). The van der Waals surface area contributed by atoms with Crippen LogP contribution in [-0.2, 0) is 9.59 Å². The summed E-state index contributed by atoms with van der Waals surface area (Å²) in [5, 5.41) is 2.79. The maximum atomic E-state index is 11.6. The third-order valence-corrected chi connectivity index (χ3v) is 2.68. The van der Waals surface area contributed by atoms with Gasteiger partial charge in [0.1, 0.15) is 0 Å². The molecule has 0 aromatic carbocycles. The Morgan fingerprint density at radius 3 is 2.92 bits per heavy atom. The van der Waals surface area contributed by atoms with E-state index in [2.05, 4.69) is 5.32 Å². The number of fused-ring (bicyclic) bond motifs is 1. The first-order chi connectivity index (χ1) is 6.22. The largest absolute Gasteiger partial charge is 0.351 e. The first-order valence-electron chi connectivity index (χ1n) is 4.50. The van der Waals surface area contributed by atoms with Gasteiger partial charge >= 0.3 is 0 Å². The lowest BCUT2D eigenvalue weighted by Crippen LogP contribution is -2.35. The van der Waals surface area contributed by atoms with Crippen molar-refractivity contribution < 1.29 is 9.59 Å². The number of carbonyl (C=O) groups excluding carboxylic acids is 2. The number of likely N-dealkylation sites (tertiary alicyclic amines) is 1. The summed E-state index contributed by atoms with van der Waals surface area (Å²) in [6, 6.07) is 0.0338. The molecule has 2 heterocycles. The van der Waals surface area contributed by atoms with Crippen LogP contribution in [0, 0.1) is 5.92 Å². The van der Waals surface area contributed by atoms with Crippen molar-refractivity contribution in [2.45, 2.75) is 12.5 Å². The second-order valence-corrected chi connectivity index (χ2v) is 3.56. The van der Waals surface area contributed by atoms with E-state index in [1.54, 1.807) is 4.90 Å². The van der Waals surface area contributed by atoms with Gasteiger partial charge in [0.2, 0.25) is 11.8 Å². The van der Waals surface area contributed by atoms with Crippen molar-refractivity contribution in [2.75, 3.05) is 19.6 Å². The molecule has 2 atom stereocenters. The number of hydrogen-bond donors (Lipinski definition) is 2. The van der Waals surface area contributed by atoms with Gasteiger partial charge in [0, 0.05) is 26.1 Å². The molecule has 0 spiro atoms. The lowest BCUT2D eigenvalue weighted by Gasteiger charge is -2.15. The molecular weight excluding hydrogens is 170 g/mol. The zero-order chi connectivity index (χ0) is 9.42. The fraction of sp³-hybridized carbons (Fsp3) is 0.750. The van der Waals surface area contributed by atoms with E-state index in [0.29, 0.717) is 26.1 Å².